The number of thiazole rings is 1. The highest BCUT2D eigenvalue weighted by atomic mass is 32.1. The summed E-state index contributed by atoms with van der Waals surface area (Å²) in [6, 6.07) is 3.88. The Morgan fingerprint density at radius 1 is 1.56 bits per heavy atom. The summed E-state index contributed by atoms with van der Waals surface area (Å²) in [7, 11) is 0. The summed E-state index contributed by atoms with van der Waals surface area (Å²) in [5.74, 6) is 1.47. The molecule has 0 aromatic carbocycles. The highest BCUT2D eigenvalue weighted by Gasteiger charge is 2.22. The zero-order valence-electron chi connectivity index (χ0n) is 9.19. The number of aryl methyl sites for hydroxylation is 1. The maximum atomic E-state index is 5.40. The zero-order chi connectivity index (χ0) is 11.0. The van der Waals surface area contributed by atoms with Gasteiger partial charge in [-0.2, -0.15) is 0 Å². The van der Waals surface area contributed by atoms with Gasteiger partial charge < -0.3 is 9.73 Å². The van der Waals surface area contributed by atoms with Gasteiger partial charge in [0.15, 0.2) is 5.76 Å². The predicted octanol–water partition coefficient (Wildman–Crippen LogP) is 2.79. The lowest BCUT2D eigenvalue weighted by atomic mass is 10.1. The molecule has 0 radical (unpaired) electrons. The minimum atomic E-state index is 0.590. The van der Waals surface area contributed by atoms with Crippen LogP contribution in [-0.2, 0) is 0 Å². The van der Waals surface area contributed by atoms with Crippen LogP contribution in [0.25, 0.3) is 11.5 Å². The van der Waals surface area contributed by atoms with Gasteiger partial charge in [-0.3, -0.25) is 0 Å². The Balaban J connectivity index is 1.95. The van der Waals surface area contributed by atoms with Gasteiger partial charge >= 0.3 is 0 Å². The van der Waals surface area contributed by atoms with Crippen molar-refractivity contribution in [2.24, 2.45) is 0 Å². The number of aromatic nitrogens is 1. The molecule has 3 nitrogen and oxygen atoms in total. The van der Waals surface area contributed by atoms with Crippen LogP contribution in [0.2, 0.25) is 0 Å². The van der Waals surface area contributed by atoms with Gasteiger partial charge in [-0.05, 0) is 32.0 Å². The lowest BCUT2D eigenvalue weighted by Crippen LogP contribution is -2.07. The van der Waals surface area contributed by atoms with E-state index in [0.717, 1.165) is 24.5 Å². The molecule has 1 aliphatic heterocycles. The van der Waals surface area contributed by atoms with Crippen molar-refractivity contribution in [3.05, 3.63) is 28.3 Å². The van der Waals surface area contributed by atoms with Gasteiger partial charge in [0.05, 0.1) is 11.3 Å². The van der Waals surface area contributed by atoms with Crippen molar-refractivity contribution in [3.63, 3.8) is 0 Å². The fraction of sp³-hybridized carbons (Fsp3) is 0.417. The molecule has 16 heavy (non-hydrogen) atoms. The summed E-state index contributed by atoms with van der Waals surface area (Å²) in [6.07, 6.45) is 2.90. The number of nitrogens with one attached hydrogen (secondary N) is 1. The summed E-state index contributed by atoms with van der Waals surface area (Å²) in [5, 5.41) is 4.62. The van der Waals surface area contributed by atoms with E-state index in [4.69, 9.17) is 9.40 Å². The van der Waals surface area contributed by atoms with Gasteiger partial charge in [0.1, 0.15) is 5.69 Å². The van der Waals surface area contributed by atoms with Crippen molar-refractivity contribution in [2.45, 2.75) is 19.3 Å². The van der Waals surface area contributed by atoms with Crippen LogP contribution in [0.5, 0.6) is 0 Å². The molecule has 1 N–H and O–H groups in total. The van der Waals surface area contributed by atoms with Gasteiger partial charge in [0.25, 0.3) is 0 Å². The molecule has 1 saturated heterocycles. The molecule has 4 heteroatoms. The van der Waals surface area contributed by atoms with Crippen LogP contribution < -0.4 is 5.32 Å². The first-order chi connectivity index (χ1) is 7.84. The number of nitrogens with zero attached hydrogens (tertiary/aromatic N) is 1. The Kier molecular flexibility index (Phi) is 2.53. The normalized spacial score (nSPS) is 20.4. The lowest BCUT2D eigenvalue weighted by Gasteiger charge is -2.01. The molecule has 2 aromatic rings. The molecule has 3 rings (SSSR count). The van der Waals surface area contributed by atoms with E-state index in [1.54, 1.807) is 17.6 Å². The highest BCUT2D eigenvalue weighted by molar-refractivity contribution is 7.12. The fourth-order valence-corrected chi connectivity index (χ4v) is 3.16. The van der Waals surface area contributed by atoms with Gasteiger partial charge in [0.2, 0.25) is 0 Å². The molecule has 1 atom stereocenters. The van der Waals surface area contributed by atoms with Crippen LogP contribution in [0.3, 0.4) is 0 Å². The minimum Gasteiger partial charge on any atom is -0.463 e. The Morgan fingerprint density at radius 3 is 3.19 bits per heavy atom. The molecule has 0 amide bonds. The van der Waals surface area contributed by atoms with E-state index < -0.39 is 0 Å². The average Bonchev–Trinajstić information content (AvgIpc) is 2.97. The smallest absolute Gasteiger partial charge is 0.153 e. The summed E-state index contributed by atoms with van der Waals surface area (Å²) >= 11 is 1.80. The second kappa shape index (κ2) is 4.03. The maximum absolute atomic E-state index is 5.40. The second-order valence-electron chi connectivity index (χ2n) is 4.12. The van der Waals surface area contributed by atoms with E-state index in [0.29, 0.717) is 5.92 Å². The Labute approximate surface area is 98.5 Å². The molecular weight excluding hydrogens is 220 g/mol. The van der Waals surface area contributed by atoms with Crippen LogP contribution in [0, 0.1) is 6.92 Å². The quantitative estimate of drug-likeness (QED) is 0.868. The molecule has 0 aliphatic carbocycles. The van der Waals surface area contributed by atoms with E-state index in [9.17, 15) is 0 Å². The number of hydrogen-bond acceptors (Lipinski definition) is 4. The van der Waals surface area contributed by atoms with Crippen molar-refractivity contribution < 1.29 is 4.42 Å². The SMILES string of the molecule is Cc1sc(C2CCNC2)nc1-c1ccco1. The number of hydrogen-bond donors (Lipinski definition) is 1. The van der Waals surface area contributed by atoms with Crippen LogP contribution in [-0.4, -0.2) is 18.1 Å². The Morgan fingerprint density at radius 2 is 2.50 bits per heavy atom. The third kappa shape index (κ3) is 1.68. The van der Waals surface area contributed by atoms with Crippen molar-refractivity contribution in [2.75, 3.05) is 13.1 Å². The zero-order valence-corrected chi connectivity index (χ0v) is 10.0. The largest absolute Gasteiger partial charge is 0.463 e. The van der Waals surface area contributed by atoms with Gasteiger partial charge in [-0.25, -0.2) is 4.98 Å². The minimum absolute atomic E-state index is 0.590. The summed E-state index contributed by atoms with van der Waals surface area (Å²) in [4.78, 5) is 5.97. The average molecular weight is 234 g/mol. The molecule has 84 valence electrons. The van der Waals surface area contributed by atoms with Crippen LogP contribution in [0.15, 0.2) is 22.8 Å². The number of rotatable bonds is 2. The van der Waals surface area contributed by atoms with E-state index in [-0.39, 0.29) is 0 Å². The third-order valence-corrected chi connectivity index (χ3v) is 4.11. The molecule has 1 fully saturated rings. The van der Waals surface area contributed by atoms with Crippen LogP contribution >= 0.6 is 11.3 Å². The maximum Gasteiger partial charge on any atom is 0.153 e. The van der Waals surface area contributed by atoms with E-state index in [1.807, 2.05) is 12.1 Å². The molecule has 0 saturated carbocycles. The fourth-order valence-electron chi connectivity index (χ4n) is 2.10. The van der Waals surface area contributed by atoms with E-state index in [1.165, 1.54) is 16.3 Å². The molecular formula is C12H14N2OS. The van der Waals surface area contributed by atoms with Gasteiger partial charge in [0, 0.05) is 17.3 Å². The van der Waals surface area contributed by atoms with Gasteiger partial charge in [-0.15, -0.1) is 11.3 Å². The molecule has 3 heterocycles. The van der Waals surface area contributed by atoms with Crippen LogP contribution in [0.1, 0.15) is 22.2 Å². The standard InChI is InChI=1S/C12H14N2OS/c1-8-11(10-3-2-6-15-10)14-12(16-8)9-4-5-13-7-9/h2-3,6,9,13H,4-5,7H2,1H3. The molecule has 1 unspecified atom stereocenters. The summed E-state index contributed by atoms with van der Waals surface area (Å²) in [5.41, 5.74) is 1.01. The second-order valence-corrected chi connectivity index (χ2v) is 5.36. The van der Waals surface area contributed by atoms with Crippen molar-refractivity contribution >= 4 is 11.3 Å². The topological polar surface area (TPSA) is 38.1 Å². The first-order valence-corrected chi connectivity index (χ1v) is 6.38. The van der Waals surface area contributed by atoms with Crippen LogP contribution in [0.4, 0.5) is 0 Å². The number of furan rings is 1. The van der Waals surface area contributed by atoms with Crippen molar-refractivity contribution in [1.29, 1.82) is 0 Å². The summed E-state index contributed by atoms with van der Waals surface area (Å²) < 4.78 is 5.40. The molecule has 0 spiro atoms. The highest BCUT2D eigenvalue weighted by Crippen LogP contribution is 2.33. The van der Waals surface area contributed by atoms with Gasteiger partial charge in [-0.1, -0.05) is 0 Å². The first kappa shape index (κ1) is 10.1. The third-order valence-electron chi connectivity index (χ3n) is 2.98. The van der Waals surface area contributed by atoms with E-state index >= 15 is 0 Å². The monoisotopic (exact) mass is 234 g/mol. The molecule has 2 aromatic heterocycles. The first-order valence-electron chi connectivity index (χ1n) is 5.56. The lowest BCUT2D eigenvalue weighted by molar-refractivity contribution is 0.579. The molecule has 1 aliphatic rings. The Hall–Kier alpha value is -1.13. The predicted molar refractivity (Wildman–Crippen MR) is 64.8 cm³/mol. The van der Waals surface area contributed by atoms with Crippen molar-refractivity contribution in [3.8, 4) is 11.5 Å². The van der Waals surface area contributed by atoms with Crippen molar-refractivity contribution in [1.82, 2.24) is 10.3 Å². The summed E-state index contributed by atoms with van der Waals surface area (Å²) in [6.45, 7) is 4.28. The van der Waals surface area contributed by atoms with E-state index in [2.05, 4.69) is 12.2 Å². The Bertz CT molecular complexity index is 469. The molecule has 0 bridgehead atoms.